The molecule has 2 rings (SSSR count). The van der Waals surface area contributed by atoms with Crippen LogP contribution in [-0.2, 0) is 0 Å². The van der Waals surface area contributed by atoms with Crippen LogP contribution in [0.15, 0.2) is 22.7 Å². The highest BCUT2D eigenvalue weighted by Crippen LogP contribution is 2.41. The van der Waals surface area contributed by atoms with Crippen LogP contribution in [0.2, 0.25) is 0 Å². The molecule has 80 valence electrons. The molecule has 0 aromatic carbocycles. The lowest BCUT2D eigenvalue weighted by molar-refractivity contribution is 1.23. The summed E-state index contributed by atoms with van der Waals surface area (Å²) < 4.78 is 1.12. The molecular formula is C11H10BrClS2. The summed E-state index contributed by atoms with van der Waals surface area (Å²) in [5.41, 5.74) is 0. The first kappa shape index (κ1) is 11.6. The second-order valence-electron chi connectivity index (χ2n) is 3.38. The number of aryl methyl sites for hydroxylation is 2. The normalized spacial score (nSPS) is 13.1. The fraction of sp³-hybridized carbons (Fsp3) is 0.273. The number of hydrogen-bond acceptors (Lipinski definition) is 2. The Hall–Kier alpha value is 0.170. The first-order valence-corrected chi connectivity index (χ1v) is 7.40. The minimum atomic E-state index is -0.0169. The van der Waals surface area contributed by atoms with Gasteiger partial charge in [0.15, 0.2) is 0 Å². The Kier molecular flexibility index (Phi) is 3.56. The molecule has 0 fully saturated rings. The zero-order chi connectivity index (χ0) is 11.0. The van der Waals surface area contributed by atoms with E-state index in [9.17, 15) is 0 Å². The molecule has 0 aliphatic carbocycles. The van der Waals surface area contributed by atoms with Crippen molar-refractivity contribution >= 4 is 50.2 Å². The van der Waals surface area contributed by atoms with Crippen molar-refractivity contribution in [2.45, 2.75) is 19.2 Å². The quantitative estimate of drug-likeness (QED) is 0.639. The summed E-state index contributed by atoms with van der Waals surface area (Å²) in [6.45, 7) is 4.20. The number of rotatable bonds is 2. The zero-order valence-electron chi connectivity index (χ0n) is 8.38. The Balaban J connectivity index is 2.35. The first-order chi connectivity index (χ1) is 7.08. The van der Waals surface area contributed by atoms with Gasteiger partial charge >= 0.3 is 0 Å². The standard InChI is InChI=1S/C11H10BrClS2/c1-6-3-4-9(14-6)10(13)11-8(12)5-7(2)15-11/h3-5,10H,1-2H3. The SMILES string of the molecule is Cc1ccc(C(Cl)c2sc(C)cc2Br)s1. The fourth-order valence-electron chi connectivity index (χ4n) is 1.39. The molecule has 1 atom stereocenters. The van der Waals surface area contributed by atoms with Gasteiger partial charge in [-0.05, 0) is 48.0 Å². The van der Waals surface area contributed by atoms with Gasteiger partial charge < -0.3 is 0 Å². The van der Waals surface area contributed by atoms with Crippen LogP contribution in [0.25, 0.3) is 0 Å². The molecule has 1 unspecified atom stereocenters. The number of hydrogen-bond donors (Lipinski definition) is 0. The van der Waals surface area contributed by atoms with Crippen LogP contribution in [0, 0.1) is 13.8 Å². The van der Waals surface area contributed by atoms with E-state index in [1.807, 2.05) is 0 Å². The minimum Gasteiger partial charge on any atom is -0.144 e. The molecule has 0 saturated carbocycles. The molecule has 0 radical (unpaired) electrons. The van der Waals surface area contributed by atoms with E-state index in [-0.39, 0.29) is 5.38 Å². The van der Waals surface area contributed by atoms with E-state index in [1.54, 1.807) is 22.7 Å². The van der Waals surface area contributed by atoms with E-state index in [1.165, 1.54) is 19.5 Å². The van der Waals surface area contributed by atoms with Gasteiger partial charge in [0, 0.05) is 24.0 Å². The zero-order valence-corrected chi connectivity index (χ0v) is 12.4. The molecule has 0 aliphatic heterocycles. The molecule has 4 heteroatoms. The van der Waals surface area contributed by atoms with Gasteiger partial charge in [-0.15, -0.1) is 34.3 Å². The van der Waals surface area contributed by atoms with E-state index in [0.717, 1.165) is 4.47 Å². The van der Waals surface area contributed by atoms with Crippen LogP contribution >= 0.6 is 50.2 Å². The predicted molar refractivity (Wildman–Crippen MR) is 73.5 cm³/mol. The average Bonchev–Trinajstić information content (AvgIpc) is 2.71. The van der Waals surface area contributed by atoms with E-state index in [4.69, 9.17) is 11.6 Å². The van der Waals surface area contributed by atoms with Crippen LogP contribution in [0.3, 0.4) is 0 Å². The molecular weight excluding hydrogens is 312 g/mol. The van der Waals surface area contributed by atoms with Crippen LogP contribution in [0.1, 0.15) is 24.9 Å². The van der Waals surface area contributed by atoms with Crippen molar-refractivity contribution in [2.24, 2.45) is 0 Å². The lowest BCUT2D eigenvalue weighted by Gasteiger charge is -2.04. The van der Waals surface area contributed by atoms with Gasteiger partial charge in [0.1, 0.15) is 5.38 Å². The molecule has 0 amide bonds. The highest BCUT2D eigenvalue weighted by atomic mass is 79.9. The summed E-state index contributed by atoms with van der Waals surface area (Å²) in [4.78, 5) is 5.02. The van der Waals surface area contributed by atoms with Gasteiger partial charge in [-0.25, -0.2) is 0 Å². The minimum absolute atomic E-state index is 0.0169. The van der Waals surface area contributed by atoms with Crippen molar-refractivity contribution in [1.29, 1.82) is 0 Å². The largest absolute Gasteiger partial charge is 0.144 e. The second kappa shape index (κ2) is 4.58. The summed E-state index contributed by atoms with van der Waals surface area (Å²) >= 11 is 13.5. The maximum absolute atomic E-state index is 6.45. The molecule has 0 N–H and O–H groups in total. The summed E-state index contributed by atoms with van der Waals surface area (Å²) in [7, 11) is 0. The molecule has 2 aromatic heterocycles. The maximum atomic E-state index is 6.45. The molecule has 2 heterocycles. The third-order valence-electron chi connectivity index (χ3n) is 2.08. The monoisotopic (exact) mass is 320 g/mol. The topological polar surface area (TPSA) is 0 Å². The number of thiophene rings is 2. The molecule has 15 heavy (non-hydrogen) atoms. The van der Waals surface area contributed by atoms with Gasteiger partial charge in [-0.1, -0.05) is 0 Å². The number of halogens is 2. The lowest BCUT2D eigenvalue weighted by atomic mass is 10.3. The van der Waals surface area contributed by atoms with Gasteiger partial charge in [-0.3, -0.25) is 0 Å². The van der Waals surface area contributed by atoms with E-state index >= 15 is 0 Å². The molecule has 0 nitrogen and oxygen atoms in total. The molecule has 2 aromatic rings. The van der Waals surface area contributed by atoms with Crippen LogP contribution < -0.4 is 0 Å². The van der Waals surface area contributed by atoms with E-state index < -0.39 is 0 Å². The van der Waals surface area contributed by atoms with E-state index in [2.05, 4.69) is 48.0 Å². The Labute approximate surface area is 111 Å². The Morgan fingerprint density at radius 3 is 2.40 bits per heavy atom. The molecule has 0 bridgehead atoms. The van der Waals surface area contributed by atoms with Gasteiger partial charge in [-0.2, -0.15) is 0 Å². The van der Waals surface area contributed by atoms with Gasteiger partial charge in [0.25, 0.3) is 0 Å². The van der Waals surface area contributed by atoms with Crippen LogP contribution in [-0.4, -0.2) is 0 Å². The van der Waals surface area contributed by atoms with Gasteiger partial charge in [0.05, 0.1) is 0 Å². The van der Waals surface area contributed by atoms with Crippen molar-refractivity contribution in [1.82, 2.24) is 0 Å². The Morgan fingerprint density at radius 1 is 1.20 bits per heavy atom. The maximum Gasteiger partial charge on any atom is 0.103 e. The summed E-state index contributed by atoms with van der Waals surface area (Å²) in [6.07, 6.45) is 0. The summed E-state index contributed by atoms with van der Waals surface area (Å²) in [6, 6.07) is 6.35. The fourth-order valence-corrected chi connectivity index (χ4v) is 4.80. The number of alkyl halides is 1. The predicted octanol–water partition coefficient (Wildman–Crippen LogP) is 5.52. The highest BCUT2D eigenvalue weighted by Gasteiger charge is 2.17. The van der Waals surface area contributed by atoms with Gasteiger partial charge in [0.2, 0.25) is 0 Å². The average molecular weight is 322 g/mol. The van der Waals surface area contributed by atoms with Crippen LogP contribution in [0.5, 0.6) is 0 Å². The third kappa shape index (κ3) is 2.47. The van der Waals surface area contributed by atoms with Crippen molar-refractivity contribution in [3.05, 3.63) is 42.2 Å². The third-order valence-corrected chi connectivity index (χ3v) is 5.89. The van der Waals surface area contributed by atoms with Crippen molar-refractivity contribution in [3.8, 4) is 0 Å². The second-order valence-corrected chi connectivity index (χ2v) is 7.28. The Bertz CT molecular complexity index is 473. The van der Waals surface area contributed by atoms with Crippen molar-refractivity contribution in [2.75, 3.05) is 0 Å². The molecule has 0 saturated heterocycles. The smallest absolute Gasteiger partial charge is 0.103 e. The first-order valence-electron chi connectivity index (χ1n) is 4.54. The molecule has 0 aliphatic rings. The summed E-state index contributed by atoms with van der Waals surface area (Å²) in [5.74, 6) is 0. The van der Waals surface area contributed by atoms with Crippen LogP contribution in [0.4, 0.5) is 0 Å². The van der Waals surface area contributed by atoms with Crippen molar-refractivity contribution in [3.63, 3.8) is 0 Å². The molecule has 0 spiro atoms. The van der Waals surface area contributed by atoms with E-state index in [0.29, 0.717) is 0 Å². The lowest BCUT2D eigenvalue weighted by Crippen LogP contribution is -1.85. The summed E-state index contributed by atoms with van der Waals surface area (Å²) in [5, 5.41) is -0.0169. The van der Waals surface area contributed by atoms with Crippen molar-refractivity contribution < 1.29 is 0 Å². The Morgan fingerprint density at radius 2 is 1.93 bits per heavy atom. The highest BCUT2D eigenvalue weighted by molar-refractivity contribution is 9.10.